The first-order valence-corrected chi connectivity index (χ1v) is 10.8. The molecule has 1 heterocycles. The Morgan fingerprint density at radius 2 is 2.03 bits per heavy atom. The standard InChI is InChI=1S/C23H21BrN4O2/c24-18-10-11-21(30-13-12-25)17(14-18)15-26-28-22(16-6-2-1-3-7-16)27-20-9-5-4-8-19(20)23(28)29/h4-5,8-11,14-16H,1-3,6-7,13H2. The highest BCUT2D eigenvalue weighted by molar-refractivity contribution is 9.10. The SMILES string of the molecule is N#CCOc1ccc(Br)cc1C=Nn1c(C2CCCCC2)nc2ccccc2c1=O. The highest BCUT2D eigenvalue weighted by Crippen LogP contribution is 2.32. The summed E-state index contributed by atoms with van der Waals surface area (Å²) in [6.45, 7) is -0.0622. The molecule has 3 aromatic rings. The quantitative estimate of drug-likeness (QED) is 0.498. The van der Waals surface area contributed by atoms with Gasteiger partial charge in [0.2, 0.25) is 0 Å². The lowest BCUT2D eigenvalue weighted by molar-refractivity contribution is 0.367. The van der Waals surface area contributed by atoms with E-state index in [0.717, 1.165) is 30.2 Å². The van der Waals surface area contributed by atoms with E-state index >= 15 is 0 Å². The van der Waals surface area contributed by atoms with Crippen LogP contribution in [0.15, 0.2) is 56.8 Å². The van der Waals surface area contributed by atoms with Crippen molar-refractivity contribution >= 4 is 33.0 Å². The van der Waals surface area contributed by atoms with Crippen LogP contribution < -0.4 is 10.3 Å². The molecule has 1 saturated carbocycles. The largest absolute Gasteiger partial charge is 0.478 e. The first-order valence-electron chi connectivity index (χ1n) is 10.0. The molecule has 30 heavy (non-hydrogen) atoms. The predicted octanol–water partition coefficient (Wildman–Crippen LogP) is 4.99. The highest BCUT2D eigenvalue weighted by Gasteiger charge is 2.22. The van der Waals surface area contributed by atoms with Gasteiger partial charge in [-0.2, -0.15) is 15.0 Å². The Morgan fingerprint density at radius 1 is 1.23 bits per heavy atom. The number of para-hydroxylation sites is 1. The zero-order valence-corrected chi connectivity index (χ0v) is 18.0. The van der Waals surface area contributed by atoms with Crippen molar-refractivity contribution in [1.29, 1.82) is 5.26 Å². The summed E-state index contributed by atoms with van der Waals surface area (Å²) in [5.74, 6) is 1.46. The fraction of sp³-hybridized carbons (Fsp3) is 0.304. The first kappa shape index (κ1) is 20.3. The molecule has 7 heteroatoms. The number of ether oxygens (including phenoxy) is 1. The first-order chi connectivity index (χ1) is 14.7. The summed E-state index contributed by atoms with van der Waals surface area (Å²) in [4.78, 5) is 18.1. The number of aromatic nitrogens is 2. The van der Waals surface area contributed by atoms with Gasteiger partial charge < -0.3 is 4.74 Å². The number of fused-ring (bicyclic) bond motifs is 1. The van der Waals surface area contributed by atoms with Crippen molar-refractivity contribution in [2.45, 2.75) is 38.0 Å². The van der Waals surface area contributed by atoms with Gasteiger partial charge in [-0.25, -0.2) is 4.98 Å². The molecule has 1 fully saturated rings. The average molecular weight is 465 g/mol. The second-order valence-electron chi connectivity index (χ2n) is 7.31. The molecular weight excluding hydrogens is 444 g/mol. The zero-order valence-electron chi connectivity index (χ0n) is 16.4. The number of nitriles is 1. The molecule has 4 rings (SSSR count). The van der Waals surface area contributed by atoms with Crippen LogP contribution in [0.1, 0.15) is 49.4 Å². The number of hydrogen-bond donors (Lipinski definition) is 0. The van der Waals surface area contributed by atoms with E-state index in [4.69, 9.17) is 15.0 Å². The van der Waals surface area contributed by atoms with Crippen LogP contribution in [0, 0.1) is 11.3 Å². The van der Waals surface area contributed by atoms with E-state index in [0.29, 0.717) is 28.0 Å². The normalized spacial score (nSPS) is 14.8. The summed E-state index contributed by atoms with van der Waals surface area (Å²) in [6, 6.07) is 14.8. The molecule has 0 aliphatic heterocycles. The molecule has 0 spiro atoms. The molecule has 1 aliphatic carbocycles. The minimum atomic E-state index is -0.174. The molecule has 0 unspecified atom stereocenters. The van der Waals surface area contributed by atoms with Gasteiger partial charge in [-0.05, 0) is 43.2 Å². The van der Waals surface area contributed by atoms with Gasteiger partial charge in [0.25, 0.3) is 5.56 Å². The van der Waals surface area contributed by atoms with E-state index in [1.807, 2.05) is 36.4 Å². The van der Waals surface area contributed by atoms with Gasteiger partial charge in [-0.3, -0.25) is 4.79 Å². The van der Waals surface area contributed by atoms with Crippen LogP contribution in [-0.4, -0.2) is 22.5 Å². The minimum absolute atomic E-state index is 0.0622. The molecule has 0 atom stereocenters. The summed E-state index contributed by atoms with van der Waals surface area (Å²) in [6.07, 6.45) is 7.10. The van der Waals surface area contributed by atoms with Crippen molar-refractivity contribution in [1.82, 2.24) is 9.66 Å². The Labute approximate surface area is 182 Å². The van der Waals surface area contributed by atoms with Crippen molar-refractivity contribution in [3.63, 3.8) is 0 Å². The third kappa shape index (κ3) is 4.29. The maximum Gasteiger partial charge on any atom is 0.282 e. The van der Waals surface area contributed by atoms with Crippen LogP contribution in [0.4, 0.5) is 0 Å². The summed E-state index contributed by atoms with van der Waals surface area (Å²) in [5, 5.41) is 13.9. The van der Waals surface area contributed by atoms with Crippen molar-refractivity contribution in [3.05, 3.63) is 68.7 Å². The molecule has 0 saturated heterocycles. The summed E-state index contributed by atoms with van der Waals surface area (Å²) < 4.78 is 7.79. The van der Waals surface area contributed by atoms with Gasteiger partial charge in [-0.1, -0.05) is 47.3 Å². The number of rotatable bonds is 5. The van der Waals surface area contributed by atoms with Crippen LogP contribution >= 0.6 is 15.9 Å². The molecule has 1 aliphatic rings. The molecule has 0 bridgehead atoms. The fourth-order valence-corrected chi connectivity index (χ4v) is 4.24. The molecule has 0 N–H and O–H groups in total. The molecule has 6 nitrogen and oxygen atoms in total. The lowest BCUT2D eigenvalue weighted by Gasteiger charge is -2.22. The fourth-order valence-electron chi connectivity index (χ4n) is 3.86. The van der Waals surface area contributed by atoms with Crippen LogP contribution in [0.25, 0.3) is 10.9 Å². The van der Waals surface area contributed by atoms with Crippen molar-refractivity contribution < 1.29 is 4.74 Å². The van der Waals surface area contributed by atoms with E-state index in [1.54, 1.807) is 18.3 Å². The summed E-state index contributed by atoms with van der Waals surface area (Å²) in [7, 11) is 0. The van der Waals surface area contributed by atoms with E-state index in [2.05, 4.69) is 21.0 Å². The Kier molecular flexibility index (Phi) is 6.24. The molecule has 152 valence electrons. The Balaban J connectivity index is 1.82. The van der Waals surface area contributed by atoms with E-state index in [-0.39, 0.29) is 18.1 Å². The molecule has 0 radical (unpaired) electrons. The van der Waals surface area contributed by atoms with Crippen molar-refractivity contribution in [2.75, 3.05) is 6.61 Å². The van der Waals surface area contributed by atoms with E-state index in [1.165, 1.54) is 11.1 Å². The van der Waals surface area contributed by atoms with Gasteiger partial charge in [0.15, 0.2) is 6.61 Å². The Bertz CT molecular complexity index is 1190. The van der Waals surface area contributed by atoms with Crippen LogP contribution in [0.2, 0.25) is 0 Å². The van der Waals surface area contributed by atoms with Crippen LogP contribution in [0.3, 0.4) is 0 Å². The van der Waals surface area contributed by atoms with Gasteiger partial charge in [0.1, 0.15) is 17.6 Å². The lowest BCUT2D eigenvalue weighted by Crippen LogP contribution is -2.25. The molecule has 0 amide bonds. The van der Waals surface area contributed by atoms with Crippen LogP contribution in [0.5, 0.6) is 5.75 Å². The Morgan fingerprint density at radius 3 is 2.83 bits per heavy atom. The monoisotopic (exact) mass is 464 g/mol. The highest BCUT2D eigenvalue weighted by atomic mass is 79.9. The smallest absolute Gasteiger partial charge is 0.282 e. The maximum atomic E-state index is 13.3. The second-order valence-corrected chi connectivity index (χ2v) is 8.23. The molecule has 1 aromatic heterocycles. The van der Waals surface area contributed by atoms with Crippen molar-refractivity contribution in [2.24, 2.45) is 5.10 Å². The number of halogens is 1. The zero-order chi connectivity index (χ0) is 20.9. The minimum Gasteiger partial charge on any atom is -0.478 e. The second kappa shape index (κ2) is 9.23. The average Bonchev–Trinajstić information content (AvgIpc) is 2.78. The third-order valence-corrected chi connectivity index (χ3v) is 5.82. The maximum absolute atomic E-state index is 13.3. The van der Waals surface area contributed by atoms with Gasteiger partial charge in [0.05, 0.1) is 17.1 Å². The number of nitrogens with zero attached hydrogens (tertiary/aromatic N) is 4. The van der Waals surface area contributed by atoms with Gasteiger partial charge in [-0.15, -0.1) is 0 Å². The topological polar surface area (TPSA) is 80.3 Å². The number of hydrogen-bond acceptors (Lipinski definition) is 5. The van der Waals surface area contributed by atoms with E-state index in [9.17, 15) is 4.79 Å². The summed E-state index contributed by atoms with van der Waals surface area (Å²) >= 11 is 3.45. The van der Waals surface area contributed by atoms with Crippen molar-refractivity contribution in [3.8, 4) is 11.8 Å². The van der Waals surface area contributed by atoms with Gasteiger partial charge >= 0.3 is 0 Å². The van der Waals surface area contributed by atoms with Gasteiger partial charge in [0, 0.05) is 16.0 Å². The third-order valence-electron chi connectivity index (χ3n) is 5.33. The number of benzene rings is 2. The lowest BCUT2D eigenvalue weighted by atomic mass is 9.88. The van der Waals surface area contributed by atoms with E-state index < -0.39 is 0 Å². The summed E-state index contributed by atoms with van der Waals surface area (Å²) in [5.41, 5.74) is 1.20. The predicted molar refractivity (Wildman–Crippen MR) is 120 cm³/mol. The molecule has 2 aromatic carbocycles. The molecular formula is C23H21BrN4O2. The Hall–Kier alpha value is -2.98. The van der Waals surface area contributed by atoms with Crippen LogP contribution in [-0.2, 0) is 0 Å².